The molecule has 0 saturated carbocycles. The van der Waals surface area contributed by atoms with E-state index in [0.29, 0.717) is 0 Å². The topological polar surface area (TPSA) is 36.1 Å². The fourth-order valence-corrected chi connectivity index (χ4v) is 0.959. The second kappa shape index (κ2) is 2.65. The lowest BCUT2D eigenvalue weighted by molar-refractivity contribution is -0.158. The molecule has 1 saturated heterocycles. The van der Waals surface area contributed by atoms with Crippen LogP contribution >= 0.6 is 15.9 Å². The molecule has 0 aromatic rings. The van der Waals surface area contributed by atoms with E-state index in [9.17, 15) is 13.2 Å². The summed E-state index contributed by atoms with van der Waals surface area (Å²) in [5.41, 5.74) is 4.32. The molecule has 2 unspecified atom stereocenters. The first kappa shape index (κ1) is 8.25. The molecule has 0 aromatic carbocycles. The summed E-state index contributed by atoms with van der Waals surface area (Å²) >= 11 is 2.89. The minimum atomic E-state index is -4.25. The molecule has 0 amide bonds. The number of alkyl halides is 4. The van der Waals surface area contributed by atoms with Crippen molar-refractivity contribution in [1.82, 2.24) is 16.2 Å². The van der Waals surface area contributed by atoms with Crippen LogP contribution in [0.15, 0.2) is 0 Å². The van der Waals surface area contributed by atoms with Gasteiger partial charge in [0.15, 0.2) is 6.17 Å². The maximum Gasteiger partial charge on any atom is 0.418 e. The molecule has 10 heavy (non-hydrogen) atoms. The summed E-state index contributed by atoms with van der Waals surface area (Å²) in [5.74, 6) is 0. The number of halogens is 4. The number of hydrazine groups is 1. The van der Waals surface area contributed by atoms with E-state index >= 15 is 0 Å². The van der Waals surface area contributed by atoms with Crippen molar-refractivity contribution in [1.29, 1.82) is 0 Å². The fourth-order valence-electron chi connectivity index (χ4n) is 0.562. The van der Waals surface area contributed by atoms with Crippen LogP contribution in [-0.2, 0) is 0 Å². The van der Waals surface area contributed by atoms with E-state index in [1.54, 1.807) is 0 Å². The summed E-state index contributed by atoms with van der Waals surface area (Å²) in [6, 6.07) is 0. The lowest BCUT2D eigenvalue weighted by Gasteiger charge is -2.13. The summed E-state index contributed by atoms with van der Waals surface area (Å²) in [6.07, 6.45) is -5.92. The predicted octanol–water partition coefficient (Wildman–Crippen LogP) is 0.251. The molecule has 3 nitrogen and oxygen atoms in total. The summed E-state index contributed by atoms with van der Waals surface area (Å²) in [5, 5.41) is 1.63. The number of rotatable bonds is 0. The largest absolute Gasteiger partial charge is 0.418 e. The van der Waals surface area contributed by atoms with E-state index in [4.69, 9.17) is 0 Å². The van der Waals surface area contributed by atoms with Crippen molar-refractivity contribution in [2.75, 3.05) is 0 Å². The molecule has 3 N–H and O–H groups in total. The van der Waals surface area contributed by atoms with Crippen LogP contribution in [0.2, 0.25) is 0 Å². The molecule has 2 atom stereocenters. The molecular weight excluding hydrogens is 215 g/mol. The molecule has 0 aliphatic carbocycles. The third-order valence-electron chi connectivity index (χ3n) is 0.995. The Kier molecular flexibility index (Phi) is 2.18. The van der Waals surface area contributed by atoms with Gasteiger partial charge in [0.2, 0.25) is 0 Å². The Morgan fingerprint density at radius 1 is 1.20 bits per heavy atom. The molecule has 60 valence electrons. The summed E-state index contributed by atoms with van der Waals surface area (Å²) < 4.78 is 35.2. The van der Waals surface area contributed by atoms with Gasteiger partial charge >= 0.3 is 6.18 Å². The van der Waals surface area contributed by atoms with Crippen LogP contribution in [0.3, 0.4) is 0 Å². The van der Waals surface area contributed by atoms with E-state index in [1.165, 1.54) is 0 Å². The highest BCUT2D eigenvalue weighted by molar-refractivity contribution is 9.09. The minimum Gasteiger partial charge on any atom is -0.268 e. The highest BCUT2D eigenvalue weighted by Crippen LogP contribution is 2.20. The standard InChI is InChI=1S/C3H5BrF3N3/c4-2-8-1(9-10-2)3(5,6)7/h1-2,8-10H. The Balaban J connectivity index is 2.45. The third-order valence-corrected chi connectivity index (χ3v) is 1.49. The van der Waals surface area contributed by atoms with E-state index in [1.807, 2.05) is 5.43 Å². The Hall–Kier alpha value is 0.150. The molecule has 0 spiro atoms. The first-order chi connectivity index (χ1) is 4.50. The number of nitrogens with one attached hydrogen (secondary N) is 3. The zero-order valence-corrected chi connectivity index (χ0v) is 6.25. The van der Waals surface area contributed by atoms with E-state index in [0.717, 1.165) is 0 Å². The van der Waals surface area contributed by atoms with Gasteiger partial charge in [-0.3, -0.25) is 5.32 Å². The van der Waals surface area contributed by atoms with Crippen LogP contribution < -0.4 is 16.2 Å². The van der Waals surface area contributed by atoms with Gasteiger partial charge in [-0.25, -0.2) is 10.9 Å². The van der Waals surface area contributed by atoms with Crippen LogP contribution in [-0.4, -0.2) is 17.4 Å². The molecule has 1 aliphatic heterocycles. The van der Waals surface area contributed by atoms with Crippen molar-refractivity contribution in [3.63, 3.8) is 0 Å². The average Bonchev–Trinajstić information content (AvgIpc) is 2.11. The molecule has 1 fully saturated rings. The van der Waals surface area contributed by atoms with Gasteiger partial charge in [-0.2, -0.15) is 13.2 Å². The smallest absolute Gasteiger partial charge is 0.268 e. The maximum atomic E-state index is 11.7. The van der Waals surface area contributed by atoms with Crippen LogP contribution in [0, 0.1) is 0 Å². The normalized spacial score (nSPS) is 34.8. The van der Waals surface area contributed by atoms with Crippen molar-refractivity contribution in [2.45, 2.75) is 17.4 Å². The van der Waals surface area contributed by atoms with Gasteiger partial charge in [-0.15, -0.1) is 0 Å². The summed E-state index contributed by atoms with van der Waals surface area (Å²) in [7, 11) is 0. The molecule has 0 aromatic heterocycles. The summed E-state index contributed by atoms with van der Waals surface area (Å²) in [6.45, 7) is 0. The molecule has 1 aliphatic rings. The zero-order valence-electron chi connectivity index (χ0n) is 4.67. The summed E-state index contributed by atoms with van der Waals surface area (Å²) in [4.78, 5) is 0. The van der Waals surface area contributed by atoms with Crippen molar-refractivity contribution in [3.05, 3.63) is 0 Å². The van der Waals surface area contributed by atoms with Gasteiger partial charge < -0.3 is 0 Å². The van der Waals surface area contributed by atoms with Gasteiger partial charge in [0.1, 0.15) is 5.08 Å². The highest BCUT2D eigenvalue weighted by atomic mass is 79.9. The molecule has 1 rings (SSSR count). The van der Waals surface area contributed by atoms with Crippen molar-refractivity contribution < 1.29 is 13.2 Å². The van der Waals surface area contributed by atoms with Crippen LogP contribution in [0.1, 0.15) is 0 Å². The molecule has 0 bridgehead atoms. The Bertz CT molecular complexity index is 127. The van der Waals surface area contributed by atoms with E-state index in [2.05, 4.69) is 26.7 Å². The van der Waals surface area contributed by atoms with Gasteiger partial charge in [0.25, 0.3) is 0 Å². The second-order valence-corrected chi connectivity index (χ2v) is 2.71. The lowest BCUT2D eigenvalue weighted by atomic mass is 10.5. The minimum absolute atomic E-state index is 0.529. The van der Waals surface area contributed by atoms with E-state index < -0.39 is 17.4 Å². The number of hydrogen-bond acceptors (Lipinski definition) is 3. The lowest BCUT2D eigenvalue weighted by Crippen LogP contribution is -2.46. The zero-order chi connectivity index (χ0) is 7.78. The van der Waals surface area contributed by atoms with Gasteiger partial charge in [0.05, 0.1) is 0 Å². The maximum absolute atomic E-state index is 11.7. The van der Waals surface area contributed by atoms with Gasteiger partial charge in [0, 0.05) is 0 Å². The van der Waals surface area contributed by atoms with Crippen molar-refractivity contribution in [2.24, 2.45) is 0 Å². The molecule has 1 heterocycles. The monoisotopic (exact) mass is 219 g/mol. The van der Waals surface area contributed by atoms with Gasteiger partial charge in [-0.1, -0.05) is 15.9 Å². The third kappa shape index (κ3) is 1.82. The molecule has 7 heteroatoms. The average molecular weight is 220 g/mol. The van der Waals surface area contributed by atoms with Crippen LogP contribution in [0.25, 0.3) is 0 Å². The second-order valence-electron chi connectivity index (χ2n) is 1.79. The number of hydrogen-bond donors (Lipinski definition) is 3. The fraction of sp³-hybridized carbons (Fsp3) is 1.00. The van der Waals surface area contributed by atoms with E-state index in [-0.39, 0.29) is 0 Å². The Morgan fingerprint density at radius 2 is 1.80 bits per heavy atom. The molecule has 0 radical (unpaired) electrons. The SMILES string of the molecule is FC(F)(F)C1NNC(Br)N1. The first-order valence-corrected chi connectivity index (χ1v) is 3.39. The van der Waals surface area contributed by atoms with Gasteiger partial charge in [-0.05, 0) is 0 Å². The quantitative estimate of drug-likeness (QED) is 0.404. The first-order valence-electron chi connectivity index (χ1n) is 2.48. The van der Waals surface area contributed by atoms with Crippen molar-refractivity contribution >= 4 is 15.9 Å². The molecular formula is C3H5BrF3N3. The highest BCUT2D eigenvalue weighted by Gasteiger charge is 2.43. The van der Waals surface area contributed by atoms with Crippen LogP contribution in [0.4, 0.5) is 13.2 Å². The Labute approximate surface area is 63.4 Å². The Morgan fingerprint density at radius 3 is 2.00 bits per heavy atom. The van der Waals surface area contributed by atoms with Crippen LogP contribution in [0.5, 0.6) is 0 Å². The van der Waals surface area contributed by atoms with Crippen molar-refractivity contribution in [3.8, 4) is 0 Å². The predicted molar refractivity (Wildman–Crippen MR) is 32.0 cm³/mol.